The summed E-state index contributed by atoms with van der Waals surface area (Å²) in [6.45, 7) is 7.10. The normalized spacial score (nSPS) is 12.7. The van der Waals surface area contributed by atoms with E-state index in [2.05, 4.69) is 71.7 Å². The minimum absolute atomic E-state index is 0.255. The van der Waals surface area contributed by atoms with Crippen molar-refractivity contribution in [3.63, 3.8) is 0 Å². The zero-order valence-electron chi connectivity index (χ0n) is 21.7. The Kier molecular flexibility index (Phi) is 8.22. The number of nitrogens with one attached hydrogen (secondary N) is 1. The SMILES string of the molecule is CCCCC(OC)(OC)c1nc(C(C)CC)n(Cc2ccc(-c3ccccc3-c3nn[nH]n3)cc2)n1. The molecular weight excluding hydrogens is 454 g/mol. The van der Waals surface area contributed by atoms with Crippen molar-refractivity contribution in [2.24, 2.45) is 0 Å². The first-order chi connectivity index (χ1) is 17.5. The predicted octanol–water partition coefficient (Wildman–Crippen LogP) is 5.32. The number of nitrogens with zero attached hydrogens (tertiary/aromatic N) is 6. The molecule has 0 bridgehead atoms. The molecule has 1 N–H and O–H groups in total. The van der Waals surface area contributed by atoms with Gasteiger partial charge in [0, 0.05) is 32.1 Å². The molecule has 0 spiro atoms. The van der Waals surface area contributed by atoms with Crippen molar-refractivity contribution in [2.45, 2.75) is 64.7 Å². The van der Waals surface area contributed by atoms with E-state index >= 15 is 0 Å². The number of ether oxygens (including phenoxy) is 2. The number of hydrogen-bond acceptors (Lipinski definition) is 7. The Hall–Kier alpha value is -3.43. The Bertz CT molecular complexity index is 1230. The van der Waals surface area contributed by atoms with Crippen molar-refractivity contribution < 1.29 is 9.47 Å². The second kappa shape index (κ2) is 11.5. The third kappa shape index (κ3) is 5.22. The van der Waals surface area contributed by atoms with Crippen LogP contribution in [-0.4, -0.2) is 49.6 Å². The lowest BCUT2D eigenvalue weighted by atomic mass is 9.98. The van der Waals surface area contributed by atoms with Gasteiger partial charge in [0.1, 0.15) is 5.82 Å². The molecule has 0 amide bonds. The smallest absolute Gasteiger partial charge is 0.231 e. The van der Waals surface area contributed by atoms with Crippen LogP contribution in [0, 0.1) is 0 Å². The van der Waals surface area contributed by atoms with E-state index < -0.39 is 5.79 Å². The number of unbranched alkanes of at least 4 members (excludes halogenated alkanes) is 1. The molecule has 2 aromatic carbocycles. The van der Waals surface area contributed by atoms with E-state index in [1.165, 1.54) is 0 Å². The molecule has 0 aliphatic carbocycles. The van der Waals surface area contributed by atoms with Crippen molar-refractivity contribution in [1.82, 2.24) is 35.4 Å². The zero-order chi connectivity index (χ0) is 25.5. The molecule has 0 aliphatic rings. The highest BCUT2D eigenvalue weighted by Crippen LogP contribution is 2.32. The van der Waals surface area contributed by atoms with Crippen LogP contribution in [0.15, 0.2) is 48.5 Å². The first-order valence-corrected chi connectivity index (χ1v) is 12.5. The van der Waals surface area contributed by atoms with Gasteiger partial charge >= 0.3 is 0 Å². The molecule has 190 valence electrons. The van der Waals surface area contributed by atoms with Gasteiger partial charge in [-0.3, -0.25) is 0 Å². The molecule has 9 heteroatoms. The minimum atomic E-state index is -0.938. The first-order valence-electron chi connectivity index (χ1n) is 12.5. The largest absolute Gasteiger partial charge is 0.347 e. The Balaban J connectivity index is 1.64. The fraction of sp³-hybridized carbons (Fsp3) is 0.444. The minimum Gasteiger partial charge on any atom is -0.347 e. The molecule has 2 aromatic heterocycles. The molecule has 9 nitrogen and oxygen atoms in total. The fourth-order valence-electron chi connectivity index (χ4n) is 4.34. The lowest BCUT2D eigenvalue weighted by Crippen LogP contribution is -2.32. The first kappa shape index (κ1) is 25.7. The summed E-state index contributed by atoms with van der Waals surface area (Å²) in [4.78, 5) is 4.93. The van der Waals surface area contributed by atoms with Gasteiger partial charge in [-0.1, -0.05) is 75.7 Å². The van der Waals surface area contributed by atoms with Gasteiger partial charge in [-0.2, -0.15) is 5.21 Å². The van der Waals surface area contributed by atoms with E-state index in [1.54, 1.807) is 14.2 Å². The van der Waals surface area contributed by atoms with Gasteiger partial charge in [-0.15, -0.1) is 15.3 Å². The molecule has 0 saturated carbocycles. The maximum Gasteiger partial charge on any atom is 0.231 e. The van der Waals surface area contributed by atoms with Crippen LogP contribution >= 0.6 is 0 Å². The number of aromatic nitrogens is 7. The number of rotatable bonds is 12. The lowest BCUT2D eigenvalue weighted by Gasteiger charge is -2.27. The van der Waals surface area contributed by atoms with E-state index in [-0.39, 0.29) is 5.92 Å². The fourth-order valence-corrected chi connectivity index (χ4v) is 4.34. The maximum absolute atomic E-state index is 5.84. The number of methoxy groups -OCH3 is 2. The molecule has 0 fully saturated rings. The van der Waals surface area contributed by atoms with Crippen LogP contribution < -0.4 is 0 Å². The summed E-state index contributed by atoms with van der Waals surface area (Å²) in [6.07, 6.45) is 3.66. The van der Waals surface area contributed by atoms with Crippen molar-refractivity contribution >= 4 is 0 Å². The Morgan fingerprint density at radius 1 is 1.00 bits per heavy atom. The van der Waals surface area contributed by atoms with Crippen molar-refractivity contribution in [3.05, 3.63) is 65.7 Å². The zero-order valence-corrected chi connectivity index (χ0v) is 21.7. The van der Waals surface area contributed by atoms with E-state index in [4.69, 9.17) is 19.6 Å². The number of tetrazole rings is 1. The topological polar surface area (TPSA) is 104 Å². The second-order valence-electron chi connectivity index (χ2n) is 9.00. The van der Waals surface area contributed by atoms with E-state index in [1.807, 2.05) is 22.9 Å². The molecule has 1 atom stereocenters. The van der Waals surface area contributed by atoms with E-state index in [0.29, 0.717) is 24.6 Å². The summed E-state index contributed by atoms with van der Waals surface area (Å²) in [6, 6.07) is 16.5. The van der Waals surface area contributed by atoms with Gasteiger partial charge < -0.3 is 9.47 Å². The molecule has 0 aliphatic heterocycles. The average molecular weight is 490 g/mol. The lowest BCUT2D eigenvalue weighted by molar-refractivity contribution is -0.226. The maximum atomic E-state index is 5.84. The summed E-state index contributed by atoms with van der Waals surface area (Å²) in [5, 5.41) is 19.4. The summed E-state index contributed by atoms with van der Waals surface area (Å²) in [5.41, 5.74) is 4.19. The highest BCUT2D eigenvalue weighted by molar-refractivity contribution is 5.80. The highest BCUT2D eigenvalue weighted by atomic mass is 16.7. The number of hydrogen-bond donors (Lipinski definition) is 1. The Morgan fingerprint density at radius 2 is 1.72 bits per heavy atom. The van der Waals surface area contributed by atoms with Crippen LogP contribution in [0.1, 0.15) is 69.6 Å². The van der Waals surface area contributed by atoms with Gasteiger partial charge in [0.15, 0.2) is 0 Å². The summed E-state index contributed by atoms with van der Waals surface area (Å²) < 4.78 is 13.7. The average Bonchev–Trinajstić information content (AvgIpc) is 3.61. The summed E-state index contributed by atoms with van der Waals surface area (Å²) in [7, 11) is 3.32. The van der Waals surface area contributed by atoms with Crippen molar-refractivity contribution in [2.75, 3.05) is 14.2 Å². The molecule has 4 aromatic rings. The van der Waals surface area contributed by atoms with Gasteiger partial charge in [-0.05, 0) is 34.7 Å². The van der Waals surface area contributed by atoms with Gasteiger partial charge in [0.25, 0.3) is 0 Å². The van der Waals surface area contributed by atoms with Crippen LogP contribution in [0.4, 0.5) is 0 Å². The Labute approximate surface area is 212 Å². The molecular formula is C27H35N7O2. The molecule has 1 unspecified atom stereocenters. The third-order valence-electron chi connectivity index (χ3n) is 6.72. The number of benzene rings is 2. The molecule has 0 radical (unpaired) electrons. The summed E-state index contributed by atoms with van der Waals surface area (Å²) >= 11 is 0. The van der Waals surface area contributed by atoms with Crippen LogP contribution in [0.25, 0.3) is 22.5 Å². The van der Waals surface area contributed by atoms with Gasteiger partial charge in [0.05, 0.1) is 6.54 Å². The second-order valence-corrected chi connectivity index (χ2v) is 9.00. The monoisotopic (exact) mass is 489 g/mol. The van der Waals surface area contributed by atoms with E-state index in [9.17, 15) is 0 Å². The Morgan fingerprint density at radius 3 is 2.33 bits per heavy atom. The molecule has 36 heavy (non-hydrogen) atoms. The van der Waals surface area contributed by atoms with E-state index in [0.717, 1.165) is 47.3 Å². The highest BCUT2D eigenvalue weighted by Gasteiger charge is 2.37. The quantitative estimate of drug-likeness (QED) is 0.269. The number of aromatic amines is 1. The molecule has 4 rings (SSSR count). The van der Waals surface area contributed by atoms with Crippen molar-refractivity contribution in [1.29, 1.82) is 0 Å². The molecule has 2 heterocycles. The van der Waals surface area contributed by atoms with Crippen molar-refractivity contribution in [3.8, 4) is 22.5 Å². The van der Waals surface area contributed by atoms with Crippen LogP contribution in [0.5, 0.6) is 0 Å². The van der Waals surface area contributed by atoms with Gasteiger partial charge in [-0.25, -0.2) is 9.67 Å². The van der Waals surface area contributed by atoms with Crippen LogP contribution in [-0.2, 0) is 21.8 Å². The van der Waals surface area contributed by atoms with Gasteiger partial charge in [0.2, 0.25) is 17.4 Å². The predicted molar refractivity (Wildman–Crippen MR) is 138 cm³/mol. The van der Waals surface area contributed by atoms with Crippen LogP contribution in [0.3, 0.4) is 0 Å². The standard InChI is InChI=1S/C27H35N7O2/c1-6-8-17-27(35-4,36-5)26-28-25(19(3)7-2)34(31-26)18-20-13-15-21(16-14-20)22-11-9-10-12-23(22)24-29-32-33-30-24/h9-16,19H,6-8,17-18H2,1-5H3,(H,29,30,32,33). The third-order valence-corrected chi connectivity index (χ3v) is 6.72. The summed E-state index contributed by atoms with van der Waals surface area (Å²) in [5.74, 6) is 1.42. The van der Waals surface area contributed by atoms with Crippen LogP contribution in [0.2, 0.25) is 0 Å². The molecule has 0 saturated heterocycles. The number of H-pyrrole nitrogens is 1.